The van der Waals surface area contributed by atoms with E-state index >= 15 is 0 Å². The summed E-state index contributed by atoms with van der Waals surface area (Å²) >= 11 is 19.3. The number of fused-ring (bicyclic) bond motifs is 2. The second kappa shape index (κ2) is 10.1. The van der Waals surface area contributed by atoms with E-state index in [-0.39, 0.29) is 0 Å². The van der Waals surface area contributed by atoms with E-state index in [9.17, 15) is 0 Å². The molecule has 3 nitrogen and oxygen atoms in total. The molecule has 1 heterocycles. The molecule has 0 N–H and O–H groups in total. The molecule has 5 rings (SSSR count). The quantitative estimate of drug-likeness (QED) is 0.174. The molecule has 1 aliphatic rings. The van der Waals surface area contributed by atoms with Gasteiger partial charge in [0.1, 0.15) is 0 Å². The fourth-order valence-electron chi connectivity index (χ4n) is 3.61. The van der Waals surface area contributed by atoms with Gasteiger partial charge in [-0.25, -0.2) is 0 Å². The minimum absolute atomic E-state index is 0.537. The summed E-state index contributed by atoms with van der Waals surface area (Å²) < 4.78 is 20.4. The van der Waals surface area contributed by atoms with E-state index in [0.29, 0.717) is 28.0 Å². The fraction of sp³-hybridized carbons (Fsp3) is 0.0400. The molecule has 172 valence electrons. The van der Waals surface area contributed by atoms with Gasteiger partial charge in [0.15, 0.2) is 0 Å². The molecule has 0 spiro atoms. The molecular formula is C25H18Cl2O3P2Se2. The monoisotopic (exact) mass is 658 g/mol. The van der Waals surface area contributed by atoms with Crippen LogP contribution in [0.25, 0.3) is 0 Å². The molecule has 2 unspecified atom stereocenters. The Hall–Kier alpha value is -1.08. The van der Waals surface area contributed by atoms with E-state index in [1.54, 1.807) is 0 Å². The maximum atomic E-state index is 6.95. The molecule has 0 saturated carbocycles. The van der Waals surface area contributed by atoms with Gasteiger partial charge < -0.3 is 0 Å². The summed E-state index contributed by atoms with van der Waals surface area (Å²) in [6.45, 7) is 0. The Morgan fingerprint density at radius 1 is 0.588 bits per heavy atom. The number of rotatable bonds is 2. The van der Waals surface area contributed by atoms with Gasteiger partial charge in [-0.3, -0.25) is 0 Å². The van der Waals surface area contributed by atoms with Crippen LogP contribution in [0, 0.1) is 0 Å². The van der Waals surface area contributed by atoms with Gasteiger partial charge >= 0.3 is 225 Å². The summed E-state index contributed by atoms with van der Waals surface area (Å²) in [7, 11) is 0. The second-order valence-electron chi connectivity index (χ2n) is 7.61. The van der Waals surface area contributed by atoms with Crippen LogP contribution in [0.5, 0.6) is 11.5 Å². The number of halogens is 2. The zero-order chi connectivity index (χ0) is 23.8. The van der Waals surface area contributed by atoms with Crippen molar-refractivity contribution in [3.63, 3.8) is 0 Å². The molecule has 4 aromatic rings. The number of hydrogen-bond acceptors (Lipinski definition) is 3. The predicted molar refractivity (Wildman–Crippen MR) is 146 cm³/mol. The van der Waals surface area contributed by atoms with E-state index in [0.717, 1.165) is 21.7 Å². The van der Waals surface area contributed by atoms with Crippen LogP contribution in [-0.2, 0) is 10.7 Å². The molecular weight excluding hydrogens is 639 g/mol. The Morgan fingerprint density at radius 2 is 1.00 bits per heavy atom. The van der Waals surface area contributed by atoms with Gasteiger partial charge in [0.05, 0.1) is 0 Å². The molecule has 34 heavy (non-hydrogen) atoms. The first kappa shape index (κ1) is 24.6. The van der Waals surface area contributed by atoms with Crippen molar-refractivity contribution in [2.75, 3.05) is 0 Å². The average molecular weight is 657 g/mol. The summed E-state index contributed by atoms with van der Waals surface area (Å²) in [6, 6.07) is 31.1. The number of benzene rings is 4. The van der Waals surface area contributed by atoms with Crippen molar-refractivity contribution in [1.82, 2.24) is 0 Å². The van der Waals surface area contributed by atoms with Gasteiger partial charge in [-0.05, 0) is 0 Å². The summed E-state index contributed by atoms with van der Waals surface area (Å²) in [5, 5.41) is 3.10. The third-order valence-electron chi connectivity index (χ3n) is 5.22. The van der Waals surface area contributed by atoms with Gasteiger partial charge in [0.25, 0.3) is 0 Å². The van der Waals surface area contributed by atoms with E-state index in [4.69, 9.17) is 36.6 Å². The maximum absolute atomic E-state index is 6.95. The minimum atomic E-state index is -2.79. The Bertz CT molecular complexity index is 1340. The first-order valence-corrected chi connectivity index (χ1v) is 18.8. The van der Waals surface area contributed by atoms with Crippen LogP contribution >= 0.6 is 35.1 Å². The first-order valence-electron chi connectivity index (χ1n) is 10.3. The van der Waals surface area contributed by atoms with Crippen LogP contribution in [-0.4, -0.2) is 30.2 Å². The van der Waals surface area contributed by atoms with Crippen LogP contribution in [0.4, 0.5) is 0 Å². The standard InChI is InChI=1S/C25H18Cl2O3P2Se2/c26-20-11-13-24-18(16-20)15-19-17-21(27)12-14-25(19)29-32(34,23-9-5-2-6-10-23)30-31(33,28-24)22-7-3-1-4-8-22/h1-14,16-17H,15H2. The van der Waals surface area contributed by atoms with Crippen molar-refractivity contribution in [1.29, 1.82) is 0 Å². The third-order valence-corrected chi connectivity index (χ3v) is 16.3. The molecule has 0 bridgehead atoms. The predicted octanol–water partition coefficient (Wildman–Crippen LogP) is 6.89. The molecule has 4 aromatic carbocycles. The van der Waals surface area contributed by atoms with Gasteiger partial charge in [0.2, 0.25) is 0 Å². The van der Waals surface area contributed by atoms with E-state index in [2.05, 4.69) is 30.2 Å². The summed E-state index contributed by atoms with van der Waals surface area (Å²) in [4.78, 5) is 0. The SMILES string of the molecule is Clc1ccc2c(c1)Cc1cc(Cl)ccc1OP(=[Se])(c1ccccc1)OP(=[Se])(c1ccccc1)O2. The number of hydrogen-bond donors (Lipinski definition) is 0. The molecule has 0 amide bonds. The van der Waals surface area contributed by atoms with Crippen LogP contribution < -0.4 is 19.7 Å². The molecule has 0 saturated heterocycles. The van der Waals surface area contributed by atoms with Gasteiger partial charge in [-0.15, -0.1) is 0 Å². The molecule has 2 atom stereocenters. The van der Waals surface area contributed by atoms with Crippen molar-refractivity contribution in [3.05, 3.63) is 118 Å². The molecule has 0 fully saturated rings. The van der Waals surface area contributed by atoms with E-state index in [1.807, 2.05) is 97.1 Å². The van der Waals surface area contributed by atoms with Crippen molar-refractivity contribution in [2.45, 2.75) is 6.42 Å². The first-order chi connectivity index (χ1) is 16.3. The van der Waals surface area contributed by atoms with Crippen LogP contribution in [0.3, 0.4) is 0 Å². The summed E-state index contributed by atoms with van der Waals surface area (Å²) in [6.07, 6.45) is 0.537. The van der Waals surface area contributed by atoms with Gasteiger partial charge in [0, 0.05) is 0 Å². The van der Waals surface area contributed by atoms with E-state index < -0.39 is 11.9 Å². The van der Waals surface area contributed by atoms with Gasteiger partial charge in [-0.2, -0.15) is 0 Å². The van der Waals surface area contributed by atoms with Crippen LogP contribution in [0.15, 0.2) is 97.1 Å². The Balaban J connectivity index is 1.76. The van der Waals surface area contributed by atoms with Crippen molar-refractivity contribution < 1.29 is 13.4 Å². The molecule has 9 heteroatoms. The van der Waals surface area contributed by atoms with Crippen LogP contribution in [0.1, 0.15) is 11.1 Å². The van der Waals surface area contributed by atoms with Gasteiger partial charge in [-0.1, -0.05) is 0 Å². The van der Waals surface area contributed by atoms with Crippen molar-refractivity contribution in [3.8, 4) is 11.5 Å². The van der Waals surface area contributed by atoms with Crippen molar-refractivity contribution >= 4 is 75.9 Å². The Labute approximate surface area is 224 Å². The second-order valence-corrected chi connectivity index (χ2v) is 18.6. The molecule has 0 aliphatic carbocycles. The Morgan fingerprint density at radius 3 is 1.41 bits per heavy atom. The molecule has 0 radical (unpaired) electrons. The Kier molecular flexibility index (Phi) is 7.32. The third kappa shape index (κ3) is 5.21. The molecule has 0 aromatic heterocycles. The fourth-order valence-corrected chi connectivity index (χ4v) is 16.3. The van der Waals surface area contributed by atoms with Crippen molar-refractivity contribution in [2.24, 2.45) is 0 Å². The zero-order valence-corrected chi connectivity index (χ0v) is 24.4. The average Bonchev–Trinajstić information content (AvgIpc) is 2.83. The summed E-state index contributed by atoms with van der Waals surface area (Å²) in [5.74, 6) is -4.18. The van der Waals surface area contributed by atoms with E-state index in [1.165, 1.54) is 0 Å². The topological polar surface area (TPSA) is 27.7 Å². The van der Waals surface area contributed by atoms with Crippen LogP contribution in [0.2, 0.25) is 10.0 Å². The molecule has 1 aliphatic heterocycles. The summed E-state index contributed by atoms with van der Waals surface area (Å²) in [5.41, 5.74) is 1.84. The zero-order valence-electron chi connectivity index (χ0n) is 17.6. The normalized spacial score (nSPS) is 21.9.